The molecule has 2 nitrogen and oxygen atoms in total. The standard InChI is InChI=1S/C18H30N2/c1-5-18(4)6-8-20(9-7-18)13-17(19)16-11-14(2)10-15(3)12-16/h10-12,17H,5-9,13,19H2,1-4H3. The highest BCUT2D eigenvalue weighted by atomic mass is 15.1. The van der Waals surface area contributed by atoms with E-state index in [9.17, 15) is 0 Å². The Kier molecular flexibility index (Phi) is 4.87. The lowest BCUT2D eigenvalue weighted by Crippen LogP contribution is -2.41. The molecular weight excluding hydrogens is 244 g/mol. The third-order valence-electron chi connectivity index (χ3n) is 5.04. The lowest BCUT2D eigenvalue weighted by Gasteiger charge is -2.39. The molecule has 1 atom stereocenters. The first kappa shape index (κ1) is 15.5. The summed E-state index contributed by atoms with van der Waals surface area (Å²) in [5, 5.41) is 0. The van der Waals surface area contributed by atoms with Crippen LogP contribution in [0.2, 0.25) is 0 Å². The van der Waals surface area contributed by atoms with Crippen molar-refractivity contribution in [2.75, 3.05) is 19.6 Å². The van der Waals surface area contributed by atoms with Crippen molar-refractivity contribution in [3.63, 3.8) is 0 Å². The topological polar surface area (TPSA) is 29.3 Å². The average molecular weight is 274 g/mol. The monoisotopic (exact) mass is 274 g/mol. The Labute approximate surface area is 124 Å². The molecule has 2 rings (SSSR count). The molecule has 1 aromatic carbocycles. The number of benzene rings is 1. The maximum absolute atomic E-state index is 6.42. The zero-order valence-electron chi connectivity index (χ0n) is 13.6. The molecule has 1 aliphatic rings. The number of piperidine rings is 1. The molecule has 1 fully saturated rings. The summed E-state index contributed by atoms with van der Waals surface area (Å²) in [7, 11) is 0. The summed E-state index contributed by atoms with van der Waals surface area (Å²) in [4.78, 5) is 2.54. The molecule has 0 aromatic heterocycles. The lowest BCUT2D eigenvalue weighted by molar-refractivity contribution is 0.110. The van der Waals surface area contributed by atoms with Crippen molar-refractivity contribution in [1.29, 1.82) is 0 Å². The van der Waals surface area contributed by atoms with Crippen LogP contribution in [-0.2, 0) is 0 Å². The van der Waals surface area contributed by atoms with Crippen LogP contribution in [0.15, 0.2) is 18.2 Å². The summed E-state index contributed by atoms with van der Waals surface area (Å²) in [6, 6.07) is 6.82. The van der Waals surface area contributed by atoms with E-state index in [2.05, 4.69) is 50.8 Å². The van der Waals surface area contributed by atoms with Crippen LogP contribution in [0.1, 0.15) is 55.8 Å². The Balaban J connectivity index is 1.94. The zero-order valence-corrected chi connectivity index (χ0v) is 13.6. The molecule has 0 saturated carbocycles. The van der Waals surface area contributed by atoms with Crippen molar-refractivity contribution in [3.05, 3.63) is 34.9 Å². The highest BCUT2D eigenvalue weighted by molar-refractivity contribution is 5.30. The molecule has 0 radical (unpaired) electrons. The maximum atomic E-state index is 6.42. The van der Waals surface area contributed by atoms with E-state index in [-0.39, 0.29) is 6.04 Å². The van der Waals surface area contributed by atoms with E-state index in [4.69, 9.17) is 5.73 Å². The van der Waals surface area contributed by atoms with Gasteiger partial charge in [-0.3, -0.25) is 0 Å². The molecule has 1 saturated heterocycles. The zero-order chi connectivity index (χ0) is 14.8. The highest BCUT2D eigenvalue weighted by Gasteiger charge is 2.28. The number of hydrogen-bond donors (Lipinski definition) is 1. The van der Waals surface area contributed by atoms with Crippen molar-refractivity contribution < 1.29 is 0 Å². The van der Waals surface area contributed by atoms with E-state index in [0.29, 0.717) is 5.41 Å². The largest absolute Gasteiger partial charge is 0.323 e. The number of nitrogens with two attached hydrogens (primary N) is 1. The van der Waals surface area contributed by atoms with Gasteiger partial charge in [-0.2, -0.15) is 0 Å². The summed E-state index contributed by atoms with van der Waals surface area (Å²) in [6.45, 7) is 12.4. The number of rotatable bonds is 4. The van der Waals surface area contributed by atoms with Gasteiger partial charge in [0, 0.05) is 12.6 Å². The van der Waals surface area contributed by atoms with Crippen molar-refractivity contribution >= 4 is 0 Å². The summed E-state index contributed by atoms with van der Waals surface area (Å²) >= 11 is 0. The fourth-order valence-corrected chi connectivity index (χ4v) is 3.24. The van der Waals surface area contributed by atoms with Gasteiger partial charge in [0.1, 0.15) is 0 Å². The van der Waals surface area contributed by atoms with E-state index < -0.39 is 0 Å². The average Bonchev–Trinajstić information content (AvgIpc) is 2.40. The van der Waals surface area contributed by atoms with Crippen LogP contribution >= 0.6 is 0 Å². The molecule has 0 amide bonds. The van der Waals surface area contributed by atoms with E-state index in [0.717, 1.165) is 6.54 Å². The van der Waals surface area contributed by atoms with Crippen molar-refractivity contribution in [3.8, 4) is 0 Å². The summed E-state index contributed by atoms with van der Waals surface area (Å²) < 4.78 is 0. The number of hydrogen-bond acceptors (Lipinski definition) is 2. The number of likely N-dealkylation sites (tertiary alicyclic amines) is 1. The quantitative estimate of drug-likeness (QED) is 0.904. The van der Waals surface area contributed by atoms with E-state index in [1.54, 1.807) is 0 Å². The van der Waals surface area contributed by atoms with Gasteiger partial charge in [-0.1, -0.05) is 49.6 Å². The second-order valence-corrected chi connectivity index (χ2v) is 6.99. The van der Waals surface area contributed by atoms with Crippen molar-refractivity contribution in [1.82, 2.24) is 4.90 Å². The Hall–Kier alpha value is -0.860. The molecule has 0 bridgehead atoms. The summed E-state index contributed by atoms with van der Waals surface area (Å²) in [5.74, 6) is 0. The van der Waals surface area contributed by atoms with Crippen LogP contribution in [0.5, 0.6) is 0 Å². The van der Waals surface area contributed by atoms with Crippen LogP contribution in [0.3, 0.4) is 0 Å². The van der Waals surface area contributed by atoms with Crippen LogP contribution < -0.4 is 5.73 Å². The van der Waals surface area contributed by atoms with Gasteiger partial charge in [0.05, 0.1) is 0 Å². The van der Waals surface area contributed by atoms with E-state index in [1.807, 2.05) is 0 Å². The van der Waals surface area contributed by atoms with Crippen molar-refractivity contribution in [2.45, 2.75) is 53.0 Å². The second-order valence-electron chi connectivity index (χ2n) is 6.99. The minimum Gasteiger partial charge on any atom is -0.323 e. The Morgan fingerprint density at radius 3 is 2.20 bits per heavy atom. The molecule has 112 valence electrons. The fourth-order valence-electron chi connectivity index (χ4n) is 3.24. The van der Waals surface area contributed by atoms with Crippen molar-refractivity contribution in [2.24, 2.45) is 11.1 Å². The SMILES string of the molecule is CCC1(C)CCN(CC(N)c2cc(C)cc(C)c2)CC1. The fraction of sp³-hybridized carbons (Fsp3) is 0.667. The van der Waals surface area contributed by atoms with Crippen LogP contribution in [0.25, 0.3) is 0 Å². The summed E-state index contributed by atoms with van der Waals surface area (Å²) in [5.41, 5.74) is 10.9. The van der Waals surface area contributed by atoms with Gasteiger partial charge in [-0.15, -0.1) is 0 Å². The Morgan fingerprint density at radius 2 is 1.70 bits per heavy atom. The Bertz CT molecular complexity index is 424. The molecular formula is C18H30N2. The highest BCUT2D eigenvalue weighted by Crippen LogP contribution is 2.34. The molecule has 20 heavy (non-hydrogen) atoms. The number of nitrogens with zero attached hydrogens (tertiary/aromatic N) is 1. The minimum atomic E-state index is 0.139. The lowest BCUT2D eigenvalue weighted by atomic mass is 9.78. The molecule has 2 N–H and O–H groups in total. The first-order valence-electron chi connectivity index (χ1n) is 7.98. The maximum Gasteiger partial charge on any atom is 0.0424 e. The molecule has 0 aliphatic carbocycles. The second kappa shape index (κ2) is 6.28. The third-order valence-corrected chi connectivity index (χ3v) is 5.04. The van der Waals surface area contributed by atoms with E-state index >= 15 is 0 Å². The first-order chi connectivity index (χ1) is 9.42. The van der Waals surface area contributed by atoms with Crippen LogP contribution in [-0.4, -0.2) is 24.5 Å². The van der Waals surface area contributed by atoms with Crippen LogP contribution in [0.4, 0.5) is 0 Å². The molecule has 1 unspecified atom stereocenters. The van der Waals surface area contributed by atoms with Gasteiger partial charge < -0.3 is 10.6 Å². The minimum absolute atomic E-state index is 0.139. The molecule has 1 heterocycles. The molecule has 1 aliphatic heterocycles. The molecule has 2 heteroatoms. The van der Waals surface area contributed by atoms with Gasteiger partial charge in [0.15, 0.2) is 0 Å². The Morgan fingerprint density at radius 1 is 1.15 bits per heavy atom. The first-order valence-corrected chi connectivity index (χ1v) is 7.98. The van der Waals surface area contributed by atoms with Gasteiger partial charge in [-0.25, -0.2) is 0 Å². The van der Waals surface area contributed by atoms with Gasteiger partial charge >= 0.3 is 0 Å². The predicted octanol–water partition coefficient (Wildman–Crippen LogP) is 3.82. The van der Waals surface area contributed by atoms with Gasteiger partial charge in [0.25, 0.3) is 0 Å². The van der Waals surface area contributed by atoms with E-state index in [1.165, 1.54) is 49.0 Å². The van der Waals surface area contributed by atoms with Gasteiger partial charge in [0.2, 0.25) is 0 Å². The normalized spacial score (nSPS) is 20.9. The van der Waals surface area contributed by atoms with Crippen LogP contribution in [0, 0.1) is 19.3 Å². The number of aryl methyl sites for hydroxylation is 2. The molecule has 1 aromatic rings. The predicted molar refractivity (Wildman–Crippen MR) is 86.9 cm³/mol. The smallest absolute Gasteiger partial charge is 0.0424 e. The summed E-state index contributed by atoms with van der Waals surface area (Å²) in [6.07, 6.45) is 3.91. The van der Waals surface area contributed by atoms with Gasteiger partial charge in [-0.05, 0) is 50.8 Å². The molecule has 0 spiro atoms. The third kappa shape index (κ3) is 3.83.